The summed E-state index contributed by atoms with van der Waals surface area (Å²) in [6.45, 7) is 2.46. The molecule has 0 saturated heterocycles. The lowest BCUT2D eigenvalue weighted by Crippen LogP contribution is -2.30. The van der Waals surface area contributed by atoms with Gasteiger partial charge in [-0.1, -0.05) is 37.3 Å². The standard InChI is InChI=1S/C13H19NO2/c1-11(12-6-4-3-5-7-12)10-13(16)14(2)8-9-15/h3-7,11,15H,8-10H2,1-2H3. The van der Waals surface area contributed by atoms with Crippen molar-refractivity contribution in [1.82, 2.24) is 4.90 Å². The summed E-state index contributed by atoms with van der Waals surface area (Å²) in [5.41, 5.74) is 1.17. The van der Waals surface area contributed by atoms with Crippen LogP contribution in [0.2, 0.25) is 0 Å². The third kappa shape index (κ3) is 3.66. The second-order valence-electron chi connectivity index (χ2n) is 4.05. The van der Waals surface area contributed by atoms with Crippen LogP contribution in [0.1, 0.15) is 24.8 Å². The molecule has 0 radical (unpaired) electrons. The molecule has 1 aromatic carbocycles. The summed E-state index contributed by atoms with van der Waals surface area (Å²) in [4.78, 5) is 13.3. The van der Waals surface area contributed by atoms with E-state index in [0.717, 1.165) is 0 Å². The molecule has 0 heterocycles. The van der Waals surface area contributed by atoms with Crippen LogP contribution in [0.4, 0.5) is 0 Å². The maximum atomic E-state index is 11.7. The van der Waals surface area contributed by atoms with E-state index < -0.39 is 0 Å². The van der Waals surface area contributed by atoms with E-state index in [1.54, 1.807) is 11.9 Å². The first-order chi connectivity index (χ1) is 7.65. The third-order valence-electron chi connectivity index (χ3n) is 2.71. The van der Waals surface area contributed by atoms with E-state index in [0.29, 0.717) is 13.0 Å². The molecule has 1 atom stereocenters. The smallest absolute Gasteiger partial charge is 0.222 e. The highest BCUT2D eigenvalue weighted by molar-refractivity contribution is 5.76. The van der Waals surface area contributed by atoms with Crippen LogP contribution < -0.4 is 0 Å². The molecule has 1 aromatic rings. The van der Waals surface area contributed by atoms with Crippen molar-refractivity contribution in [2.75, 3.05) is 20.2 Å². The molecule has 0 aromatic heterocycles. The molecule has 0 spiro atoms. The summed E-state index contributed by atoms with van der Waals surface area (Å²) in [6.07, 6.45) is 0.487. The Balaban J connectivity index is 2.51. The van der Waals surface area contributed by atoms with Crippen LogP contribution in [0.25, 0.3) is 0 Å². The van der Waals surface area contributed by atoms with E-state index in [9.17, 15) is 4.79 Å². The average molecular weight is 221 g/mol. The van der Waals surface area contributed by atoms with E-state index in [1.165, 1.54) is 5.56 Å². The number of rotatable bonds is 5. The first kappa shape index (κ1) is 12.7. The summed E-state index contributed by atoms with van der Waals surface area (Å²) < 4.78 is 0. The first-order valence-corrected chi connectivity index (χ1v) is 5.55. The number of carbonyl (C=O) groups excluding carboxylic acids is 1. The Kier molecular flexibility index (Phi) is 4.99. The minimum absolute atomic E-state index is 0.0158. The number of benzene rings is 1. The molecule has 1 N–H and O–H groups in total. The molecule has 88 valence electrons. The fraction of sp³-hybridized carbons (Fsp3) is 0.462. The lowest BCUT2D eigenvalue weighted by atomic mass is 9.97. The summed E-state index contributed by atoms with van der Waals surface area (Å²) in [5, 5.41) is 8.74. The van der Waals surface area contributed by atoms with Crippen LogP contribution in [0.15, 0.2) is 30.3 Å². The van der Waals surface area contributed by atoms with Gasteiger partial charge in [0.25, 0.3) is 0 Å². The van der Waals surface area contributed by atoms with E-state index >= 15 is 0 Å². The quantitative estimate of drug-likeness (QED) is 0.821. The van der Waals surface area contributed by atoms with E-state index in [1.807, 2.05) is 37.3 Å². The van der Waals surface area contributed by atoms with Gasteiger partial charge in [-0.15, -0.1) is 0 Å². The summed E-state index contributed by atoms with van der Waals surface area (Å²) in [5.74, 6) is 0.292. The van der Waals surface area contributed by atoms with Gasteiger partial charge in [0.1, 0.15) is 0 Å². The predicted octanol–water partition coefficient (Wildman–Crippen LogP) is 1.63. The predicted molar refractivity (Wildman–Crippen MR) is 64.2 cm³/mol. The number of aliphatic hydroxyl groups excluding tert-OH is 1. The highest BCUT2D eigenvalue weighted by Gasteiger charge is 2.13. The normalized spacial score (nSPS) is 12.2. The Morgan fingerprint density at radius 2 is 2.00 bits per heavy atom. The summed E-state index contributed by atoms with van der Waals surface area (Å²) in [7, 11) is 1.72. The van der Waals surface area contributed by atoms with Crippen LogP contribution >= 0.6 is 0 Å². The SMILES string of the molecule is CC(CC(=O)N(C)CCO)c1ccccc1. The molecular weight excluding hydrogens is 202 g/mol. The van der Waals surface area contributed by atoms with Crippen molar-refractivity contribution >= 4 is 5.91 Å². The molecule has 3 heteroatoms. The molecule has 0 bridgehead atoms. The highest BCUT2D eigenvalue weighted by atomic mass is 16.3. The van der Waals surface area contributed by atoms with Crippen molar-refractivity contribution in [3.05, 3.63) is 35.9 Å². The fourth-order valence-electron chi connectivity index (χ4n) is 1.59. The first-order valence-electron chi connectivity index (χ1n) is 5.55. The minimum atomic E-state index is 0.0158. The zero-order valence-electron chi connectivity index (χ0n) is 9.89. The Labute approximate surface area is 96.7 Å². The van der Waals surface area contributed by atoms with Gasteiger partial charge < -0.3 is 10.0 Å². The zero-order chi connectivity index (χ0) is 12.0. The third-order valence-corrected chi connectivity index (χ3v) is 2.71. The second-order valence-corrected chi connectivity index (χ2v) is 4.05. The Bertz CT molecular complexity index is 324. The monoisotopic (exact) mass is 221 g/mol. The number of amides is 1. The number of hydrogen-bond donors (Lipinski definition) is 1. The van der Waals surface area contributed by atoms with Gasteiger partial charge in [-0.2, -0.15) is 0 Å². The van der Waals surface area contributed by atoms with Crippen molar-refractivity contribution in [3.63, 3.8) is 0 Å². The maximum absolute atomic E-state index is 11.7. The van der Waals surface area contributed by atoms with Gasteiger partial charge in [-0.3, -0.25) is 4.79 Å². The lowest BCUT2D eigenvalue weighted by molar-refractivity contribution is -0.130. The van der Waals surface area contributed by atoms with Crippen LogP contribution in [0.3, 0.4) is 0 Å². The minimum Gasteiger partial charge on any atom is -0.395 e. The van der Waals surface area contributed by atoms with Gasteiger partial charge in [0.15, 0.2) is 0 Å². The molecule has 1 rings (SSSR count). The maximum Gasteiger partial charge on any atom is 0.222 e. The largest absolute Gasteiger partial charge is 0.395 e. The van der Waals surface area contributed by atoms with Gasteiger partial charge >= 0.3 is 0 Å². The van der Waals surface area contributed by atoms with E-state index in [4.69, 9.17) is 5.11 Å². The molecule has 1 amide bonds. The van der Waals surface area contributed by atoms with Crippen molar-refractivity contribution in [2.24, 2.45) is 0 Å². The Morgan fingerprint density at radius 1 is 1.38 bits per heavy atom. The summed E-state index contributed by atoms with van der Waals surface area (Å²) in [6, 6.07) is 9.99. The van der Waals surface area contributed by atoms with Crippen molar-refractivity contribution in [3.8, 4) is 0 Å². The number of aliphatic hydroxyl groups is 1. The summed E-state index contributed by atoms with van der Waals surface area (Å²) >= 11 is 0. The molecule has 0 saturated carbocycles. The number of likely N-dealkylation sites (N-methyl/N-ethyl adjacent to an activating group) is 1. The topological polar surface area (TPSA) is 40.5 Å². The van der Waals surface area contributed by atoms with Gasteiger partial charge in [0.2, 0.25) is 5.91 Å². The molecule has 16 heavy (non-hydrogen) atoms. The fourth-order valence-corrected chi connectivity index (χ4v) is 1.59. The average Bonchev–Trinajstić information content (AvgIpc) is 2.30. The molecule has 1 unspecified atom stereocenters. The zero-order valence-corrected chi connectivity index (χ0v) is 9.89. The van der Waals surface area contributed by atoms with Gasteiger partial charge in [-0.05, 0) is 11.5 Å². The highest BCUT2D eigenvalue weighted by Crippen LogP contribution is 2.18. The van der Waals surface area contributed by atoms with Crippen LogP contribution in [-0.4, -0.2) is 36.1 Å². The van der Waals surface area contributed by atoms with E-state index in [-0.39, 0.29) is 18.4 Å². The number of hydrogen-bond acceptors (Lipinski definition) is 2. The van der Waals surface area contributed by atoms with Crippen molar-refractivity contribution in [2.45, 2.75) is 19.3 Å². The second kappa shape index (κ2) is 6.28. The van der Waals surface area contributed by atoms with Gasteiger partial charge in [0.05, 0.1) is 6.61 Å². The van der Waals surface area contributed by atoms with Crippen LogP contribution in [0.5, 0.6) is 0 Å². The number of nitrogens with zero attached hydrogens (tertiary/aromatic N) is 1. The van der Waals surface area contributed by atoms with Crippen molar-refractivity contribution < 1.29 is 9.90 Å². The molecule has 0 aliphatic heterocycles. The number of carbonyl (C=O) groups is 1. The van der Waals surface area contributed by atoms with Crippen LogP contribution in [-0.2, 0) is 4.79 Å². The van der Waals surface area contributed by atoms with Crippen molar-refractivity contribution in [1.29, 1.82) is 0 Å². The van der Waals surface area contributed by atoms with Crippen LogP contribution in [0, 0.1) is 0 Å². The lowest BCUT2D eigenvalue weighted by Gasteiger charge is -2.18. The molecule has 0 fully saturated rings. The molecule has 0 aliphatic rings. The Hall–Kier alpha value is -1.35. The molecule has 3 nitrogen and oxygen atoms in total. The molecular formula is C13H19NO2. The molecule has 0 aliphatic carbocycles. The van der Waals surface area contributed by atoms with Gasteiger partial charge in [-0.25, -0.2) is 0 Å². The van der Waals surface area contributed by atoms with Gasteiger partial charge in [0, 0.05) is 20.0 Å². The Morgan fingerprint density at radius 3 is 2.56 bits per heavy atom. The van der Waals surface area contributed by atoms with E-state index in [2.05, 4.69) is 0 Å².